The lowest BCUT2D eigenvalue weighted by Gasteiger charge is -2.35. The van der Waals surface area contributed by atoms with Crippen LogP contribution in [-0.2, 0) is 7.05 Å². The molecule has 0 bridgehead atoms. The molecule has 1 aliphatic heterocycles. The molecule has 2 heterocycles. The molecule has 25 heavy (non-hydrogen) atoms. The van der Waals surface area contributed by atoms with Gasteiger partial charge in [0.15, 0.2) is 0 Å². The second-order valence-electron chi connectivity index (χ2n) is 6.70. The van der Waals surface area contributed by atoms with Crippen LogP contribution in [0, 0.1) is 5.82 Å². The number of anilines is 1. The Morgan fingerprint density at radius 1 is 1.24 bits per heavy atom. The maximum Gasteiger partial charge on any atom is 0.258 e. The maximum absolute atomic E-state index is 14.0. The third-order valence-corrected chi connectivity index (χ3v) is 5.25. The average molecular weight is 363 g/mol. The summed E-state index contributed by atoms with van der Waals surface area (Å²) in [6.45, 7) is 2.46. The predicted molar refractivity (Wildman–Crippen MR) is 94.7 cm³/mol. The van der Waals surface area contributed by atoms with E-state index in [1.54, 1.807) is 11.0 Å². The minimum Gasteiger partial charge on any atom is -0.353 e. The molecule has 1 saturated carbocycles. The van der Waals surface area contributed by atoms with Crippen molar-refractivity contribution in [1.29, 1.82) is 0 Å². The molecule has 132 valence electrons. The third kappa shape index (κ3) is 3.11. The number of rotatable bonds is 3. The zero-order valence-corrected chi connectivity index (χ0v) is 14.8. The quantitative estimate of drug-likeness (QED) is 0.842. The molecule has 1 amide bonds. The van der Waals surface area contributed by atoms with E-state index in [2.05, 4.69) is 16.1 Å². The highest BCUT2D eigenvalue weighted by Crippen LogP contribution is 2.40. The summed E-state index contributed by atoms with van der Waals surface area (Å²) in [5.74, 6) is 0.788. The summed E-state index contributed by atoms with van der Waals surface area (Å²) in [5, 5.41) is 4.76. The lowest BCUT2D eigenvalue weighted by Crippen LogP contribution is -2.49. The van der Waals surface area contributed by atoms with Gasteiger partial charge in [-0.3, -0.25) is 9.48 Å². The highest BCUT2D eigenvalue weighted by Gasteiger charge is 2.30. The first-order chi connectivity index (χ1) is 12.0. The summed E-state index contributed by atoms with van der Waals surface area (Å²) in [7, 11) is 1.96. The molecule has 4 rings (SSSR count). The van der Waals surface area contributed by atoms with Crippen molar-refractivity contribution in [2.45, 2.75) is 18.8 Å². The number of carbonyl (C=O) groups excluding carboxylic acids is 1. The van der Waals surface area contributed by atoms with E-state index in [-0.39, 0.29) is 16.5 Å². The van der Waals surface area contributed by atoms with E-state index in [0.717, 1.165) is 11.5 Å². The largest absolute Gasteiger partial charge is 0.353 e. The summed E-state index contributed by atoms with van der Waals surface area (Å²) in [6, 6.07) is 6.47. The van der Waals surface area contributed by atoms with Gasteiger partial charge in [0.05, 0.1) is 16.3 Å². The number of hydrogen-bond acceptors (Lipinski definition) is 3. The first-order valence-corrected chi connectivity index (χ1v) is 8.94. The molecular weight excluding hydrogens is 343 g/mol. The Labute approximate surface area is 151 Å². The molecule has 1 aliphatic carbocycles. The zero-order valence-electron chi connectivity index (χ0n) is 14.1. The summed E-state index contributed by atoms with van der Waals surface area (Å²) in [6.07, 6.45) is 2.45. The number of carbonyl (C=O) groups is 1. The van der Waals surface area contributed by atoms with E-state index in [1.165, 1.54) is 25.0 Å². The summed E-state index contributed by atoms with van der Waals surface area (Å²) in [5.41, 5.74) is 1.13. The number of piperazine rings is 1. The van der Waals surface area contributed by atoms with Crippen LogP contribution in [0.1, 0.15) is 34.8 Å². The number of amides is 1. The Morgan fingerprint density at radius 3 is 2.60 bits per heavy atom. The third-order valence-electron chi connectivity index (χ3n) is 4.94. The fourth-order valence-electron chi connectivity index (χ4n) is 3.35. The SMILES string of the molecule is Cn1nc(C2CC2)cc1N1CCN(C(=O)c2c(F)cccc2Cl)CC1. The fourth-order valence-corrected chi connectivity index (χ4v) is 3.60. The first-order valence-electron chi connectivity index (χ1n) is 8.57. The number of aromatic nitrogens is 2. The molecule has 1 aromatic carbocycles. The van der Waals surface area contributed by atoms with Crippen LogP contribution >= 0.6 is 11.6 Å². The van der Waals surface area contributed by atoms with Crippen LogP contribution in [-0.4, -0.2) is 46.8 Å². The van der Waals surface area contributed by atoms with Gasteiger partial charge in [-0.15, -0.1) is 0 Å². The molecule has 0 unspecified atom stereocenters. The van der Waals surface area contributed by atoms with E-state index in [4.69, 9.17) is 11.6 Å². The van der Waals surface area contributed by atoms with Gasteiger partial charge in [0.25, 0.3) is 5.91 Å². The monoisotopic (exact) mass is 362 g/mol. The number of hydrogen-bond donors (Lipinski definition) is 0. The number of nitrogens with zero attached hydrogens (tertiary/aromatic N) is 4. The molecule has 5 nitrogen and oxygen atoms in total. The Morgan fingerprint density at radius 2 is 1.96 bits per heavy atom. The van der Waals surface area contributed by atoms with Gasteiger partial charge in [0, 0.05) is 45.2 Å². The van der Waals surface area contributed by atoms with Crippen molar-refractivity contribution < 1.29 is 9.18 Å². The van der Waals surface area contributed by atoms with Gasteiger partial charge >= 0.3 is 0 Å². The maximum atomic E-state index is 14.0. The summed E-state index contributed by atoms with van der Waals surface area (Å²) in [4.78, 5) is 16.5. The van der Waals surface area contributed by atoms with Crippen molar-refractivity contribution in [3.8, 4) is 0 Å². The molecule has 2 aliphatic rings. The molecule has 2 aromatic rings. The second-order valence-corrected chi connectivity index (χ2v) is 7.11. The number of benzene rings is 1. The Kier molecular flexibility index (Phi) is 4.15. The topological polar surface area (TPSA) is 41.4 Å². The van der Waals surface area contributed by atoms with Crippen molar-refractivity contribution in [2.24, 2.45) is 7.05 Å². The van der Waals surface area contributed by atoms with Gasteiger partial charge in [-0.1, -0.05) is 17.7 Å². The lowest BCUT2D eigenvalue weighted by atomic mass is 10.1. The predicted octanol–water partition coefficient (Wildman–Crippen LogP) is 3.05. The van der Waals surface area contributed by atoms with Crippen LogP contribution in [0.2, 0.25) is 5.02 Å². The van der Waals surface area contributed by atoms with Crippen LogP contribution in [0.4, 0.5) is 10.2 Å². The van der Waals surface area contributed by atoms with Crippen LogP contribution in [0.3, 0.4) is 0 Å². The van der Waals surface area contributed by atoms with E-state index < -0.39 is 5.82 Å². The molecule has 0 radical (unpaired) electrons. The van der Waals surface area contributed by atoms with Crippen LogP contribution < -0.4 is 4.90 Å². The average Bonchev–Trinajstić information content (AvgIpc) is 3.37. The molecule has 1 saturated heterocycles. The Bertz CT molecular complexity index is 789. The molecule has 2 fully saturated rings. The normalized spacial score (nSPS) is 17.9. The van der Waals surface area contributed by atoms with Gasteiger partial charge < -0.3 is 9.80 Å². The van der Waals surface area contributed by atoms with Crippen molar-refractivity contribution in [2.75, 3.05) is 31.1 Å². The van der Waals surface area contributed by atoms with Crippen molar-refractivity contribution in [1.82, 2.24) is 14.7 Å². The van der Waals surface area contributed by atoms with E-state index >= 15 is 0 Å². The number of aryl methyl sites for hydroxylation is 1. The minimum absolute atomic E-state index is 0.0332. The summed E-state index contributed by atoms with van der Waals surface area (Å²) < 4.78 is 15.9. The van der Waals surface area contributed by atoms with Crippen LogP contribution in [0.25, 0.3) is 0 Å². The smallest absolute Gasteiger partial charge is 0.258 e. The Hall–Kier alpha value is -2.08. The lowest BCUT2D eigenvalue weighted by molar-refractivity contribution is 0.0742. The van der Waals surface area contributed by atoms with Crippen LogP contribution in [0.5, 0.6) is 0 Å². The van der Waals surface area contributed by atoms with Crippen LogP contribution in [0.15, 0.2) is 24.3 Å². The van der Waals surface area contributed by atoms with Gasteiger partial charge in [-0.05, 0) is 25.0 Å². The number of halogens is 2. The van der Waals surface area contributed by atoms with Gasteiger partial charge in [0.2, 0.25) is 0 Å². The van der Waals surface area contributed by atoms with E-state index in [9.17, 15) is 9.18 Å². The highest BCUT2D eigenvalue weighted by molar-refractivity contribution is 6.33. The second kappa shape index (κ2) is 6.33. The first kappa shape index (κ1) is 16.4. The zero-order chi connectivity index (χ0) is 17.6. The molecule has 0 N–H and O–H groups in total. The van der Waals surface area contributed by atoms with E-state index in [0.29, 0.717) is 32.1 Å². The minimum atomic E-state index is -0.569. The van der Waals surface area contributed by atoms with Crippen molar-refractivity contribution in [3.05, 3.63) is 46.4 Å². The van der Waals surface area contributed by atoms with Gasteiger partial charge in [-0.2, -0.15) is 5.10 Å². The van der Waals surface area contributed by atoms with Crippen molar-refractivity contribution >= 4 is 23.3 Å². The highest BCUT2D eigenvalue weighted by atomic mass is 35.5. The molecule has 7 heteroatoms. The molecule has 1 aromatic heterocycles. The fraction of sp³-hybridized carbons (Fsp3) is 0.444. The van der Waals surface area contributed by atoms with E-state index in [1.807, 2.05) is 11.7 Å². The molecule has 0 atom stereocenters. The summed E-state index contributed by atoms with van der Waals surface area (Å²) >= 11 is 6.02. The van der Waals surface area contributed by atoms with Gasteiger partial charge in [0.1, 0.15) is 11.6 Å². The molecular formula is C18H20ClFN4O. The molecule has 0 spiro atoms. The Balaban J connectivity index is 1.45. The standard InChI is InChI=1S/C18H20ClFN4O/c1-22-16(11-15(21-22)12-5-6-12)23-7-9-24(10-8-23)18(25)17-13(19)3-2-4-14(17)20/h2-4,11-12H,5-10H2,1H3. The van der Waals surface area contributed by atoms with Gasteiger partial charge in [-0.25, -0.2) is 4.39 Å². The van der Waals surface area contributed by atoms with Crippen molar-refractivity contribution in [3.63, 3.8) is 0 Å².